The van der Waals surface area contributed by atoms with Crippen LogP contribution in [-0.2, 0) is 4.79 Å². The van der Waals surface area contributed by atoms with E-state index in [-0.39, 0.29) is 12.5 Å². The lowest BCUT2D eigenvalue weighted by atomic mass is 10.1. The molecule has 1 aromatic rings. The van der Waals surface area contributed by atoms with Gasteiger partial charge in [0.25, 0.3) is 5.91 Å². The Kier molecular flexibility index (Phi) is 5.19. The molecule has 0 unspecified atom stereocenters. The van der Waals surface area contributed by atoms with E-state index in [1.165, 1.54) is 19.3 Å². The molecule has 1 aliphatic rings. The molecule has 0 aliphatic carbocycles. The zero-order chi connectivity index (χ0) is 13.7. The first-order valence-corrected chi connectivity index (χ1v) is 7.61. The number of amides is 1. The summed E-state index contributed by atoms with van der Waals surface area (Å²) in [6.07, 6.45) is 5.89. The number of fused-ring (bicyclic) bond motifs is 1. The summed E-state index contributed by atoms with van der Waals surface area (Å²) in [5.41, 5.74) is 0. The molecule has 4 nitrogen and oxygen atoms in total. The molecule has 5 heteroatoms. The van der Waals surface area contributed by atoms with Gasteiger partial charge in [0, 0.05) is 6.54 Å². The van der Waals surface area contributed by atoms with Crippen molar-refractivity contribution in [3.8, 4) is 5.75 Å². The number of hydrogen-bond donors (Lipinski definition) is 0. The summed E-state index contributed by atoms with van der Waals surface area (Å²) >= 11 is 3.34. The van der Waals surface area contributed by atoms with Crippen molar-refractivity contribution in [3.05, 3.63) is 16.7 Å². The number of carbonyl (C=O) groups is 1. The summed E-state index contributed by atoms with van der Waals surface area (Å²) in [4.78, 5) is 18.0. The van der Waals surface area contributed by atoms with E-state index in [1.54, 1.807) is 4.90 Å². The molecule has 0 atom stereocenters. The van der Waals surface area contributed by atoms with Crippen molar-refractivity contribution >= 4 is 27.7 Å². The number of unbranched alkanes of at least 4 members (excludes halogenated alkanes) is 4. The third-order valence-corrected chi connectivity index (χ3v) is 3.64. The van der Waals surface area contributed by atoms with E-state index in [2.05, 4.69) is 27.8 Å². The third-order valence-electron chi connectivity index (χ3n) is 3.20. The quantitative estimate of drug-likeness (QED) is 0.593. The average molecular weight is 327 g/mol. The van der Waals surface area contributed by atoms with Gasteiger partial charge in [0.1, 0.15) is 4.60 Å². The van der Waals surface area contributed by atoms with Gasteiger partial charge in [0.05, 0.1) is 0 Å². The highest BCUT2D eigenvalue weighted by atomic mass is 79.9. The molecule has 0 N–H and O–H groups in total. The van der Waals surface area contributed by atoms with Crippen LogP contribution in [0, 0.1) is 0 Å². The van der Waals surface area contributed by atoms with E-state index in [1.807, 2.05) is 12.1 Å². The van der Waals surface area contributed by atoms with Crippen molar-refractivity contribution in [2.45, 2.75) is 39.0 Å². The number of halogens is 1. The Morgan fingerprint density at radius 2 is 2.11 bits per heavy atom. The minimum absolute atomic E-state index is 0.00593. The number of pyridine rings is 1. The molecular formula is C14H19BrN2O2. The molecule has 0 saturated carbocycles. The fourth-order valence-electron chi connectivity index (χ4n) is 2.16. The maximum atomic E-state index is 11.9. The Balaban J connectivity index is 1.99. The van der Waals surface area contributed by atoms with Gasteiger partial charge in [-0.05, 0) is 34.5 Å². The summed E-state index contributed by atoms with van der Waals surface area (Å²) in [7, 11) is 0. The minimum Gasteiger partial charge on any atom is -0.480 e. The van der Waals surface area contributed by atoms with Crippen LogP contribution in [0.15, 0.2) is 16.7 Å². The van der Waals surface area contributed by atoms with Crippen LogP contribution in [0.2, 0.25) is 0 Å². The number of rotatable bonds is 6. The van der Waals surface area contributed by atoms with E-state index in [0.717, 1.165) is 24.0 Å². The third kappa shape index (κ3) is 3.69. The van der Waals surface area contributed by atoms with Gasteiger partial charge in [-0.2, -0.15) is 0 Å². The van der Waals surface area contributed by atoms with Crippen molar-refractivity contribution in [1.29, 1.82) is 0 Å². The van der Waals surface area contributed by atoms with Crippen molar-refractivity contribution < 1.29 is 9.53 Å². The molecule has 2 rings (SSSR count). The van der Waals surface area contributed by atoms with Crippen LogP contribution in [0.3, 0.4) is 0 Å². The summed E-state index contributed by atoms with van der Waals surface area (Å²) in [5.74, 6) is 1.33. The fourth-order valence-corrected chi connectivity index (χ4v) is 2.46. The van der Waals surface area contributed by atoms with E-state index in [9.17, 15) is 4.79 Å². The van der Waals surface area contributed by atoms with Gasteiger partial charge in [0.2, 0.25) is 0 Å². The van der Waals surface area contributed by atoms with Crippen LogP contribution in [0.5, 0.6) is 5.75 Å². The lowest BCUT2D eigenvalue weighted by molar-refractivity contribution is -0.121. The number of anilines is 1. The normalized spacial score (nSPS) is 14.2. The molecule has 0 aromatic carbocycles. The highest BCUT2D eigenvalue weighted by Gasteiger charge is 2.26. The highest BCUT2D eigenvalue weighted by Crippen LogP contribution is 2.31. The summed E-state index contributed by atoms with van der Waals surface area (Å²) in [5, 5.41) is 0. The Hall–Kier alpha value is -1.10. The maximum absolute atomic E-state index is 11.9. The van der Waals surface area contributed by atoms with E-state index < -0.39 is 0 Å². The molecule has 0 fully saturated rings. The Morgan fingerprint density at radius 3 is 2.89 bits per heavy atom. The Morgan fingerprint density at radius 1 is 1.32 bits per heavy atom. The zero-order valence-corrected chi connectivity index (χ0v) is 12.8. The molecule has 0 saturated heterocycles. The molecule has 1 aliphatic heterocycles. The highest BCUT2D eigenvalue weighted by molar-refractivity contribution is 9.10. The SMILES string of the molecule is CCCCCCCN1C(=O)COc2ccc(Br)nc21. The van der Waals surface area contributed by atoms with E-state index in [0.29, 0.717) is 11.6 Å². The molecule has 0 bridgehead atoms. The van der Waals surface area contributed by atoms with Crippen molar-refractivity contribution in [1.82, 2.24) is 4.98 Å². The first kappa shape index (κ1) is 14.3. The predicted octanol–water partition coefficient (Wildman–Crippen LogP) is 3.54. The van der Waals surface area contributed by atoms with Crippen LogP contribution in [0.1, 0.15) is 39.0 Å². The molecule has 104 valence electrons. The topological polar surface area (TPSA) is 42.4 Å². The summed E-state index contributed by atoms with van der Waals surface area (Å²) in [6, 6.07) is 3.68. The zero-order valence-electron chi connectivity index (χ0n) is 11.2. The summed E-state index contributed by atoms with van der Waals surface area (Å²) in [6.45, 7) is 3.04. The second-order valence-corrected chi connectivity index (χ2v) is 5.52. The van der Waals surface area contributed by atoms with Gasteiger partial charge < -0.3 is 4.74 Å². The molecular weight excluding hydrogens is 308 g/mol. The van der Waals surface area contributed by atoms with Crippen molar-refractivity contribution in [2.24, 2.45) is 0 Å². The van der Waals surface area contributed by atoms with Gasteiger partial charge in [-0.3, -0.25) is 9.69 Å². The minimum atomic E-state index is -0.00593. The molecule has 19 heavy (non-hydrogen) atoms. The van der Waals surface area contributed by atoms with E-state index >= 15 is 0 Å². The van der Waals surface area contributed by atoms with Crippen LogP contribution in [-0.4, -0.2) is 24.0 Å². The van der Waals surface area contributed by atoms with Crippen molar-refractivity contribution in [3.63, 3.8) is 0 Å². The first-order chi connectivity index (χ1) is 9.22. The van der Waals surface area contributed by atoms with Gasteiger partial charge >= 0.3 is 0 Å². The lowest BCUT2D eigenvalue weighted by Crippen LogP contribution is -2.40. The second-order valence-electron chi connectivity index (χ2n) is 4.70. The Bertz CT molecular complexity index is 451. The van der Waals surface area contributed by atoms with Crippen molar-refractivity contribution in [2.75, 3.05) is 18.1 Å². The standard InChI is InChI=1S/C14H19BrN2O2/c1-2-3-4-5-6-9-17-13(18)10-19-11-7-8-12(15)16-14(11)17/h7-8H,2-6,9-10H2,1H3. The molecule has 0 radical (unpaired) electrons. The van der Waals surface area contributed by atoms with E-state index in [4.69, 9.17) is 4.74 Å². The van der Waals surface area contributed by atoms with Gasteiger partial charge in [-0.15, -0.1) is 0 Å². The summed E-state index contributed by atoms with van der Waals surface area (Å²) < 4.78 is 6.11. The Labute approximate surface area is 122 Å². The lowest BCUT2D eigenvalue weighted by Gasteiger charge is -2.28. The van der Waals surface area contributed by atoms with Crippen LogP contribution < -0.4 is 9.64 Å². The van der Waals surface area contributed by atoms with Gasteiger partial charge in [0.15, 0.2) is 18.2 Å². The fraction of sp³-hybridized carbons (Fsp3) is 0.571. The second kappa shape index (κ2) is 6.89. The number of hydrogen-bond acceptors (Lipinski definition) is 3. The van der Waals surface area contributed by atoms with Crippen LogP contribution in [0.25, 0.3) is 0 Å². The van der Waals surface area contributed by atoms with Crippen LogP contribution >= 0.6 is 15.9 Å². The smallest absolute Gasteiger partial charge is 0.266 e. The number of ether oxygens (including phenoxy) is 1. The van der Waals surface area contributed by atoms with Gasteiger partial charge in [-0.1, -0.05) is 32.6 Å². The number of aromatic nitrogens is 1. The molecule has 1 amide bonds. The molecule has 0 spiro atoms. The maximum Gasteiger partial charge on any atom is 0.266 e. The first-order valence-electron chi connectivity index (χ1n) is 6.82. The van der Waals surface area contributed by atoms with Gasteiger partial charge in [-0.25, -0.2) is 4.98 Å². The largest absolute Gasteiger partial charge is 0.480 e. The molecule has 1 aromatic heterocycles. The van der Waals surface area contributed by atoms with Crippen LogP contribution in [0.4, 0.5) is 5.82 Å². The number of carbonyl (C=O) groups excluding carboxylic acids is 1. The predicted molar refractivity (Wildman–Crippen MR) is 78.5 cm³/mol. The monoisotopic (exact) mass is 326 g/mol. The number of nitrogens with zero attached hydrogens (tertiary/aromatic N) is 2. The average Bonchev–Trinajstić information content (AvgIpc) is 2.40. The molecule has 2 heterocycles.